The van der Waals surface area contributed by atoms with E-state index in [1.165, 1.54) is 38.3 Å². The Morgan fingerprint density at radius 1 is 1.38 bits per heavy atom. The third-order valence-corrected chi connectivity index (χ3v) is 5.64. The lowest BCUT2D eigenvalue weighted by molar-refractivity contribution is 0.172. The molecular weight excluding hydrogens is 288 g/mol. The van der Waals surface area contributed by atoms with E-state index in [2.05, 4.69) is 19.6 Å². The van der Waals surface area contributed by atoms with Gasteiger partial charge in [-0.15, -0.1) is 0 Å². The quantitative estimate of drug-likeness (QED) is 0.834. The van der Waals surface area contributed by atoms with Gasteiger partial charge < -0.3 is 9.88 Å². The number of aromatic nitrogens is 2. The fourth-order valence-electron chi connectivity index (χ4n) is 3.10. The molecule has 7 heteroatoms. The lowest BCUT2D eigenvalue weighted by atomic mass is 9.83. The summed E-state index contributed by atoms with van der Waals surface area (Å²) < 4.78 is 27.2. The third-order valence-electron chi connectivity index (χ3n) is 4.31. The van der Waals surface area contributed by atoms with Gasteiger partial charge in [0.05, 0.1) is 6.20 Å². The number of rotatable bonds is 6. The van der Waals surface area contributed by atoms with Crippen LogP contribution in [0.1, 0.15) is 37.9 Å². The highest BCUT2D eigenvalue weighted by molar-refractivity contribution is 7.89. The molecule has 2 rings (SSSR count). The lowest BCUT2D eigenvalue weighted by Crippen LogP contribution is -2.45. The number of hydrogen-bond donors (Lipinski definition) is 2. The number of hydrogen-bond acceptors (Lipinski definition) is 4. The molecule has 0 radical (unpaired) electrons. The van der Waals surface area contributed by atoms with E-state index in [1.807, 2.05) is 14.1 Å². The van der Waals surface area contributed by atoms with E-state index in [0.29, 0.717) is 18.3 Å². The average molecular weight is 314 g/mol. The number of nitrogens with zero attached hydrogens (tertiary/aromatic N) is 2. The van der Waals surface area contributed by atoms with E-state index in [0.717, 1.165) is 0 Å². The molecule has 0 amide bonds. The molecule has 6 nitrogen and oxygen atoms in total. The van der Waals surface area contributed by atoms with Gasteiger partial charge in [0, 0.05) is 12.6 Å². The molecule has 1 atom stereocenters. The van der Waals surface area contributed by atoms with E-state index in [-0.39, 0.29) is 11.1 Å². The minimum Gasteiger partial charge on any atom is -0.332 e. The van der Waals surface area contributed by atoms with Crippen molar-refractivity contribution in [2.45, 2.75) is 50.1 Å². The molecule has 0 bridgehead atoms. The van der Waals surface area contributed by atoms with Gasteiger partial charge in [-0.25, -0.2) is 18.1 Å². The first kappa shape index (κ1) is 16.5. The number of nitrogens with one attached hydrogen (secondary N) is 2. The maximum absolute atomic E-state index is 12.3. The second kappa shape index (κ2) is 6.89. The van der Waals surface area contributed by atoms with Crippen molar-refractivity contribution in [1.82, 2.24) is 19.6 Å². The summed E-state index contributed by atoms with van der Waals surface area (Å²) in [7, 11) is 0.542. The SMILES string of the molecule is Cc1ncc(S(=O)(=O)NC[C@H](C2CCCCC2)N(C)C)[nH]1. The molecule has 1 aliphatic carbocycles. The Hall–Kier alpha value is -0.920. The number of aryl methyl sites for hydroxylation is 1. The monoisotopic (exact) mass is 314 g/mol. The molecule has 1 aromatic rings. The maximum atomic E-state index is 12.3. The smallest absolute Gasteiger partial charge is 0.257 e. The first-order valence-electron chi connectivity index (χ1n) is 7.58. The van der Waals surface area contributed by atoms with Crippen LogP contribution in [0, 0.1) is 12.8 Å². The summed E-state index contributed by atoms with van der Waals surface area (Å²) in [4.78, 5) is 8.86. The molecule has 0 spiro atoms. The van der Waals surface area contributed by atoms with Gasteiger partial charge >= 0.3 is 0 Å². The van der Waals surface area contributed by atoms with Crippen LogP contribution in [0.2, 0.25) is 0 Å². The summed E-state index contributed by atoms with van der Waals surface area (Å²) >= 11 is 0. The highest BCUT2D eigenvalue weighted by Gasteiger charge is 2.27. The summed E-state index contributed by atoms with van der Waals surface area (Å²) in [5.41, 5.74) is 0. The Morgan fingerprint density at radius 3 is 2.57 bits per heavy atom. The fourth-order valence-corrected chi connectivity index (χ4v) is 4.12. The molecule has 21 heavy (non-hydrogen) atoms. The normalized spacial score (nSPS) is 19.0. The van der Waals surface area contributed by atoms with Crippen molar-refractivity contribution < 1.29 is 8.42 Å². The first-order valence-corrected chi connectivity index (χ1v) is 9.06. The molecule has 0 aliphatic heterocycles. The zero-order chi connectivity index (χ0) is 15.5. The van der Waals surface area contributed by atoms with E-state index >= 15 is 0 Å². The van der Waals surface area contributed by atoms with Gasteiger partial charge in [-0.3, -0.25) is 0 Å². The van der Waals surface area contributed by atoms with Gasteiger partial charge in [-0.1, -0.05) is 19.3 Å². The summed E-state index contributed by atoms with van der Waals surface area (Å²) in [5.74, 6) is 1.17. The zero-order valence-electron chi connectivity index (χ0n) is 13.1. The number of H-pyrrole nitrogens is 1. The predicted octanol–water partition coefficient (Wildman–Crippen LogP) is 1.51. The Bertz CT molecular complexity index is 547. The molecule has 1 heterocycles. The standard InChI is InChI=1S/C14H26N4O2S/c1-11-15-10-14(17-11)21(19,20)16-9-13(18(2)3)12-7-5-4-6-8-12/h10,12-13,16H,4-9H2,1-3H3,(H,15,17)/t13-/m1/s1. The largest absolute Gasteiger partial charge is 0.332 e. The highest BCUT2D eigenvalue weighted by atomic mass is 32.2. The van der Waals surface area contributed by atoms with Crippen LogP contribution >= 0.6 is 0 Å². The molecule has 1 aliphatic rings. The highest BCUT2D eigenvalue weighted by Crippen LogP contribution is 2.28. The van der Waals surface area contributed by atoms with E-state index in [9.17, 15) is 8.42 Å². The van der Waals surface area contributed by atoms with Gasteiger partial charge in [0.2, 0.25) is 0 Å². The molecule has 0 saturated heterocycles. The van der Waals surface area contributed by atoms with Crippen LogP contribution in [0.15, 0.2) is 11.2 Å². The number of sulfonamides is 1. The number of aromatic amines is 1. The molecule has 1 fully saturated rings. The summed E-state index contributed by atoms with van der Waals surface area (Å²) in [5, 5.41) is 0.140. The molecule has 1 aromatic heterocycles. The van der Waals surface area contributed by atoms with Crippen molar-refractivity contribution in [3.8, 4) is 0 Å². The Kier molecular flexibility index (Phi) is 5.40. The lowest BCUT2D eigenvalue weighted by Gasteiger charge is -2.34. The molecule has 2 N–H and O–H groups in total. The van der Waals surface area contributed by atoms with Crippen LogP contribution in [0.3, 0.4) is 0 Å². The van der Waals surface area contributed by atoms with Crippen LogP contribution < -0.4 is 4.72 Å². The summed E-state index contributed by atoms with van der Waals surface area (Å²) in [6.45, 7) is 2.18. The van der Waals surface area contributed by atoms with E-state index in [1.54, 1.807) is 6.92 Å². The van der Waals surface area contributed by atoms with E-state index < -0.39 is 10.0 Å². The second-order valence-electron chi connectivity index (χ2n) is 6.11. The number of likely N-dealkylation sites (N-methyl/N-ethyl adjacent to an activating group) is 1. The molecule has 1 saturated carbocycles. The van der Waals surface area contributed by atoms with Crippen LogP contribution in [0.5, 0.6) is 0 Å². The van der Waals surface area contributed by atoms with Crippen LogP contribution in [-0.4, -0.2) is 50.0 Å². The first-order chi connectivity index (χ1) is 9.90. The Labute approximate surface area is 127 Å². The molecular formula is C14H26N4O2S. The maximum Gasteiger partial charge on any atom is 0.257 e. The second-order valence-corrected chi connectivity index (χ2v) is 7.85. The van der Waals surface area contributed by atoms with Crippen LogP contribution in [0.4, 0.5) is 0 Å². The van der Waals surface area contributed by atoms with Gasteiger partial charge in [0.15, 0.2) is 5.03 Å². The van der Waals surface area contributed by atoms with Crippen LogP contribution in [0.25, 0.3) is 0 Å². The third kappa shape index (κ3) is 4.28. The summed E-state index contributed by atoms with van der Waals surface area (Å²) in [6, 6.07) is 0.240. The Balaban J connectivity index is 2.01. The molecule has 0 unspecified atom stereocenters. The average Bonchev–Trinajstić information content (AvgIpc) is 2.87. The minimum atomic E-state index is -3.50. The number of imidazole rings is 1. The van der Waals surface area contributed by atoms with Crippen molar-refractivity contribution in [3.63, 3.8) is 0 Å². The molecule has 0 aromatic carbocycles. The van der Waals surface area contributed by atoms with Gasteiger partial charge in [0.1, 0.15) is 5.82 Å². The van der Waals surface area contributed by atoms with Gasteiger partial charge in [-0.05, 0) is 39.8 Å². The van der Waals surface area contributed by atoms with Crippen molar-refractivity contribution in [3.05, 3.63) is 12.0 Å². The summed E-state index contributed by atoms with van der Waals surface area (Å²) in [6.07, 6.45) is 7.54. The van der Waals surface area contributed by atoms with Crippen molar-refractivity contribution >= 4 is 10.0 Å². The van der Waals surface area contributed by atoms with Gasteiger partial charge in [0.25, 0.3) is 10.0 Å². The van der Waals surface area contributed by atoms with Crippen molar-refractivity contribution in [2.24, 2.45) is 5.92 Å². The van der Waals surface area contributed by atoms with Gasteiger partial charge in [-0.2, -0.15) is 0 Å². The Morgan fingerprint density at radius 2 is 2.05 bits per heavy atom. The van der Waals surface area contributed by atoms with Crippen molar-refractivity contribution in [1.29, 1.82) is 0 Å². The zero-order valence-corrected chi connectivity index (χ0v) is 13.9. The van der Waals surface area contributed by atoms with Crippen molar-refractivity contribution in [2.75, 3.05) is 20.6 Å². The topological polar surface area (TPSA) is 78.1 Å². The minimum absolute atomic E-state index is 0.140. The predicted molar refractivity (Wildman–Crippen MR) is 82.6 cm³/mol. The van der Waals surface area contributed by atoms with Crippen LogP contribution in [-0.2, 0) is 10.0 Å². The molecule has 120 valence electrons. The van der Waals surface area contributed by atoms with E-state index in [4.69, 9.17) is 0 Å². The fraction of sp³-hybridized carbons (Fsp3) is 0.786.